The maximum atomic E-state index is 13.8. The number of aryl methyl sites for hydroxylation is 1. The van der Waals surface area contributed by atoms with Crippen molar-refractivity contribution in [3.05, 3.63) is 58.6 Å². The topological polar surface area (TPSA) is 84.1 Å². The van der Waals surface area contributed by atoms with E-state index in [1.54, 1.807) is 4.57 Å². The molecule has 6 rings (SSSR count). The maximum Gasteiger partial charge on any atom is 0.265 e. The Kier molecular flexibility index (Phi) is 5.36. The van der Waals surface area contributed by atoms with Gasteiger partial charge in [0.25, 0.3) is 5.56 Å². The third kappa shape index (κ3) is 3.60. The number of benzene rings is 2. The van der Waals surface area contributed by atoms with E-state index in [0.29, 0.717) is 46.1 Å². The van der Waals surface area contributed by atoms with Gasteiger partial charge in [-0.05, 0) is 37.6 Å². The molecule has 0 bridgehead atoms. The molecular formula is C27H27N5O3. The minimum atomic E-state index is -0.0722. The van der Waals surface area contributed by atoms with Gasteiger partial charge in [0.1, 0.15) is 16.7 Å². The third-order valence-electron chi connectivity index (χ3n) is 6.65. The van der Waals surface area contributed by atoms with E-state index < -0.39 is 0 Å². The minimum absolute atomic E-state index is 0.0722. The normalized spacial score (nSPS) is 12.9. The molecule has 0 atom stereocenters. The second kappa shape index (κ2) is 8.69. The van der Waals surface area contributed by atoms with Gasteiger partial charge in [0.05, 0.1) is 16.7 Å². The first kappa shape index (κ1) is 21.6. The Morgan fingerprint density at radius 2 is 1.66 bits per heavy atom. The number of ether oxygens (including phenoxy) is 2. The van der Waals surface area contributed by atoms with Crippen LogP contribution in [0, 0.1) is 6.92 Å². The van der Waals surface area contributed by atoms with Crippen LogP contribution in [-0.4, -0.2) is 30.9 Å². The summed E-state index contributed by atoms with van der Waals surface area (Å²) in [4.78, 5) is 28.6. The number of hydrogen-bond donors (Lipinski definition) is 0. The fourth-order valence-electron chi connectivity index (χ4n) is 4.84. The largest absolute Gasteiger partial charge is 0.454 e. The monoisotopic (exact) mass is 469 g/mol. The molecular weight excluding hydrogens is 442 g/mol. The maximum absolute atomic E-state index is 13.8. The van der Waals surface area contributed by atoms with E-state index in [4.69, 9.17) is 24.4 Å². The zero-order valence-electron chi connectivity index (χ0n) is 20.0. The quantitative estimate of drug-likeness (QED) is 0.301. The molecule has 8 nitrogen and oxygen atoms in total. The van der Waals surface area contributed by atoms with E-state index in [1.807, 2.05) is 54.0 Å². The first-order valence-electron chi connectivity index (χ1n) is 12.2. The van der Waals surface area contributed by atoms with Crippen LogP contribution in [0.25, 0.3) is 38.9 Å². The van der Waals surface area contributed by atoms with Crippen molar-refractivity contribution in [1.29, 1.82) is 0 Å². The Hall–Kier alpha value is -3.94. The summed E-state index contributed by atoms with van der Waals surface area (Å²) in [6, 6.07) is 13.4. The summed E-state index contributed by atoms with van der Waals surface area (Å²) in [6.07, 6.45) is 5.64. The number of rotatable bonds is 7. The van der Waals surface area contributed by atoms with Crippen LogP contribution in [0.2, 0.25) is 0 Å². The molecule has 0 saturated carbocycles. The van der Waals surface area contributed by atoms with Gasteiger partial charge in [-0.2, -0.15) is 0 Å². The lowest BCUT2D eigenvalue weighted by Crippen LogP contribution is -2.24. The molecule has 4 heterocycles. The Morgan fingerprint density at radius 1 is 0.886 bits per heavy atom. The summed E-state index contributed by atoms with van der Waals surface area (Å²) in [6.45, 7) is 4.94. The second-order valence-corrected chi connectivity index (χ2v) is 8.99. The molecule has 8 heteroatoms. The van der Waals surface area contributed by atoms with Gasteiger partial charge in [-0.1, -0.05) is 44.7 Å². The fourth-order valence-corrected chi connectivity index (χ4v) is 4.84. The molecule has 0 N–H and O–H groups in total. The predicted octanol–water partition coefficient (Wildman–Crippen LogP) is 5.29. The predicted molar refractivity (Wildman–Crippen MR) is 136 cm³/mol. The highest BCUT2D eigenvalue weighted by atomic mass is 16.7. The standard InChI is InChI=1S/C27H27N5O3/c1-3-4-5-6-9-14-31-17(2)28-25-23(27(31)33)24-26(30-20-11-8-7-10-19(20)29-24)32(25)18-12-13-21-22(15-18)35-16-34-21/h7-8,10-13,15H,3-6,9,14,16H2,1-2H3. The van der Waals surface area contributed by atoms with E-state index in [-0.39, 0.29) is 12.4 Å². The van der Waals surface area contributed by atoms with Crippen molar-refractivity contribution in [3.63, 3.8) is 0 Å². The molecule has 0 radical (unpaired) electrons. The van der Waals surface area contributed by atoms with Crippen LogP contribution in [-0.2, 0) is 6.54 Å². The molecule has 0 fully saturated rings. The van der Waals surface area contributed by atoms with Gasteiger partial charge in [0.15, 0.2) is 22.8 Å². The van der Waals surface area contributed by atoms with Crippen LogP contribution < -0.4 is 15.0 Å². The van der Waals surface area contributed by atoms with Gasteiger partial charge in [-0.15, -0.1) is 0 Å². The van der Waals surface area contributed by atoms with Gasteiger partial charge < -0.3 is 9.47 Å². The van der Waals surface area contributed by atoms with Crippen molar-refractivity contribution in [2.75, 3.05) is 6.79 Å². The Morgan fingerprint density at radius 3 is 2.49 bits per heavy atom. The molecule has 2 aromatic carbocycles. The second-order valence-electron chi connectivity index (χ2n) is 8.99. The molecule has 1 aliphatic heterocycles. The highest BCUT2D eigenvalue weighted by molar-refractivity contribution is 6.05. The number of para-hydroxylation sites is 2. The lowest BCUT2D eigenvalue weighted by molar-refractivity contribution is 0.174. The minimum Gasteiger partial charge on any atom is -0.454 e. The zero-order chi connectivity index (χ0) is 23.9. The Labute approximate surface area is 202 Å². The molecule has 1 aliphatic rings. The molecule has 0 saturated heterocycles. The summed E-state index contributed by atoms with van der Waals surface area (Å²) < 4.78 is 14.8. The molecule has 0 spiro atoms. The van der Waals surface area contributed by atoms with E-state index in [0.717, 1.165) is 29.6 Å². The van der Waals surface area contributed by atoms with Crippen molar-refractivity contribution in [2.24, 2.45) is 0 Å². The van der Waals surface area contributed by atoms with Gasteiger partial charge >= 0.3 is 0 Å². The van der Waals surface area contributed by atoms with Crippen LogP contribution in [0.5, 0.6) is 11.5 Å². The summed E-state index contributed by atoms with van der Waals surface area (Å²) in [7, 11) is 0. The number of fused-ring (bicyclic) bond motifs is 5. The summed E-state index contributed by atoms with van der Waals surface area (Å²) in [5.41, 5.74) is 3.95. The average Bonchev–Trinajstić information content (AvgIpc) is 3.45. The number of unbranched alkanes of at least 4 members (excludes halogenated alkanes) is 4. The van der Waals surface area contributed by atoms with E-state index >= 15 is 0 Å². The molecule has 178 valence electrons. The molecule has 0 amide bonds. The first-order valence-corrected chi connectivity index (χ1v) is 12.2. The smallest absolute Gasteiger partial charge is 0.265 e. The number of nitrogens with zero attached hydrogens (tertiary/aromatic N) is 5. The average molecular weight is 470 g/mol. The van der Waals surface area contributed by atoms with Crippen LogP contribution in [0.3, 0.4) is 0 Å². The van der Waals surface area contributed by atoms with E-state index in [1.165, 1.54) is 19.3 Å². The van der Waals surface area contributed by atoms with Crippen LogP contribution in [0.15, 0.2) is 47.3 Å². The van der Waals surface area contributed by atoms with Gasteiger partial charge in [0, 0.05) is 12.6 Å². The van der Waals surface area contributed by atoms with Gasteiger partial charge in [-0.25, -0.2) is 15.0 Å². The molecule has 35 heavy (non-hydrogen) atoms. The molecule has 3 aromatic heterocycles. The van der Waals surface area contributed by atoms with Gasteiger partial charge in [-0.3, -0.25) is 13.9 Å². The zero-order valence-corrected chi connectivity index (χ0v) is 20.0. The summed E-state index contributed by atoms with van der Waals surface area (Å²) >= 11 is 0. The van der Waals surface area contributed by atoms with E-state index in [9.17, 15) is 4.79 Å². The molecule has 0 aliphatic carbocycles. The molecule has 5 aromatic rings. The van der Waals surface area contributed by atoms with Crippen molar-refractivity contribution >= 4 is 33.2 Å². The highest BCUT2D eigenvalue weighted by Gasteiger charge is 2.23. The van der Waals surface area contributed by atoms with Crippen LogP contribution in [0.1, 0.15) is 44.9 Å². The van der Waals surface area contributed by atoms with Crippen molar-refractivity contribution in [1.82, 2.24) is 24.1 Å². The van der Waals surface area contributed by atoms with E-state index in [2.05, 4.69) is 6.92 Å². The highest BCUT2D eigenvalue weighted by Crippen LogP contribution is 2.36. The lowest BCUT2D eigenvalue weighted by Gasteiger charge is -2.11. The van der Waals surface area contributed by atoms with Crippen molar-refractivity contribution in [2.45, 2.75) is 52.5 Å². The molecule has 0 unspecified atom stereocenters. The third-order valence-corrected chi connectivity index (χ3v) is 6.65. The first-order chi connectivity index (χ1) is 17.2. The number of aromatic nitrogens is 5. The summed E-state index contributed by atoms with van der Waals surface area (Å²) in [5, 5.41) is 0.495. The fraction of sp³-hybridized carbons (Fsp3) is 0.333. The Balaban J connectivity index is 1.59. The van der Waals surface area contributed by atoms with Gasteiger partial charge in [0.2, 0.25) is 6.79 Å². The van der Waals surface area contributed by atoms with Crippen LogP contribution in [0.4, 0.5) is 0 Å². The Bertz CT molecular complexity index is 1640. The van der Waals surface area contributed by atoms with Crippen molar-refractivity contribution in [3.8, 4) is 17.2 Å². The lowest BCUT2D eigenvalue weighted by atomic mass is 10.1. The number of hydrogen-bond acceptors (Lipinski definition) is 6. The summed E-state index contributed by atoms with van der Waals surface area (Å²) in [5.74, 6) is 2.04. The van der Waals surface area contributed by atoms with Crippen LogP contribution >= 0.6 is 0 Å². The SMILES string of the molecule is CCCCCCCn1c(C)nc2c(c1=O)c1nc3ccccc3nc1n2-c1ccc2c(c1)OCO2. The van der Waals surface area contributed by atoms with Crippen molar-refractivity contribution < 1.29 is 9.47 Å².